The minimum absolute atomic E-state index is 0.295. The lowest BCUT2D eigenvalue weighted by Gasteiger charge is -2.20. The predicted octanol–water partition coefficient (Wildman–Crippen LogP) is 4.34. The molecule has 2 heterocycles. The van der Waals surface area contributed by atoms with Crippen LogP contribution in [0.2, 0.25) is 0 Å². The maximum Gasteiger partial charge on any atom is 0.329 e. The molecule has 0 saturated carbocycles. The number of carbonyl (C=O) groups is 1. The number of ketones is 1. The summed E-state index contributed by atoms with van der Waals surface area (Å²) in [5.74, 6) is 1.06. The standard InChI is InChI=1S/C24H42N4O3/c1-20(29)17-15-13-11-9-7-5-4-6-8-10-12-14-16-18-28-19-26(2)21-22(30)25-24(31)27(3)23(21)28/h4-19H2,1-3H3,(H,25,30,31). The van der Waals surface area contributed by atoms with E-state index in [0.29, 0.717) is 18.1 Å². The molecule has 0 saturated heterocycles. The monoisotopic (exact) mass is 434 g/mol. The Hall–Kier alpha value is -2.05. The molecule has 0 aromatic carbocycles. The van der Waals surface area contributed by atoms with E-state index in [1.807, 2.05) is 11.9 Å². The molecule has 0 aliphatic carbocycles. The predicted molar refractivity (Wildman–Crippen MR) is 128 cm³/mol. The van der Waals surface area contributed by atoms with Gasteiger partial charge in [-0.05, 0) is 19.8 Å². The lowest BCUT2D eigenvalue weighted by Crippen LogP contribution is -2.32. The van der Waals surface area contributed by atoms with Gasteiger partial charge >= 0.3 is 5.69 Å². The summed E-state index contributed by atoms with van der Waals surface area (Å²) in [7, 11) is 3.62. The van der Waals surface area contributed by atoms with Crippen LogP contribution in [0.15, 0.2) is 9.59 Å². The minimum atomic E-state index is -0.350. The number of fused-ring (bicyclic) bond motifs is 1. The molecule has 31 heavy (non-hydrogen) atoms. The van der Waals surface area contributed by atoms with Crippen molar-refractivity contribution in [1.82, 2.24) is 9.55 Å². The first kappa shape index (κ1) is 25.2. The van der Waals surface area contributed by atoms with Gasteiger partial charge in [0.05, 0.1) is 6.67 Å². The van der Waals surface area contributed by atoms with E-state index in [2.05, 4.69) is 9.88 Å². The fourth-order valence-electron chi connectivity index (χ4n) is 4.49. The van der Waals surface area contributed by atoms with Gasteiger partial charge in [0.1, 0.15) is 17.3 Å². The summed E-state index contributed by atoms with van der Waals surface area (Å²) >= 11 is 0. The second kappa shape index (κ2) is 13.4. The Balaban J connectivity index is 1.48. The summed E-state index contributed by atoms with van der Waals surface area (Å²) in [5.41, 5.74) is -0.0497. The lowest BCUT2D eigenvalue weighted by atomic mass is 10.0. The SMILES string of the molecule is CC(=O)CCCCCCCCCCCCCCCN1CN(C)c2c1n(C)c(=O)[nH]c2=O. The van der Waals surface area contributed by atoms with Crippen LogP contribution < -0.4 is 21.0 Å². The highest BCUT2D eigenvalue weighted by Gasteiger charge is 2.28. The zero-order valence-corrected chi connectivity index (χ0v) is 19.9. The number of rotatable bonds is 16. The van der Waals surface area contributed by atoms with Gasteiger partial charge in [-0.15, -0.1) is 0 Å². The average molecular weight is 435 g/mol. The van der Waals surface area contributed by atoms with Crippen LogP contribution in [0.25, 0.3) is 0 Å². The van der Waals surface area contributed by atoms with Crippen molar-refractivity contribution in [2.45, 2.75) is 96.8 Å². The van der Waals surface area contributed by atoms with Crippen molar-refractivity contribution in [3.63, 3.8) is 0 Å². The molecule has 1 aliphatic rings. The summed E-state index contributed by atoms with van der Waals surface area (Å²) in [5, 5.41) is 0. The zero-order valence-electron chi connectivity index (χ0n) is 19.9. The van der Waals surface area contributed by atoms with Crippen molar-refractivity contribution in [2.75, 3.05) is 30.1 Å². The second-order valence-electron chi connectivity index (χ2n) is 9.14. The number of Topliss-reactive ketones (excluding diaryl/α,β-unsaturated/α-hetero) is 1. The number of aromatic nitrogens is 2. The molecule has 7 nitrogen and oxygen atoms in total. The molecule has 0 amide bonds. The third-order valence-corrected chi connectivity index (χ3v) is 6.29. The first-order chi connectivity index (χ1) is 14.9. The molecule has 7 heteroatoms. The highest BCUT2D eigenvalue weighted by atomic mass is 16.2. The van der Waals surface area contributed by atoms with Crippen LogP contribution in [0.3, 0.4) is 0 Å². The van der Waals surface area contributed by atoms with E-state index in [9.17, 15) is 14.4 Å². The first-order valence-corrected chi connectivity index (χ1v) is 12.2. The molecule has 0 atom stereocenters. The number of carbonyl (C=O) groups excluding carboxylic acids is 1. The number of nitrogens with one attached hydrogen (secondary N) is 1. The van der Waals surface area contributed by atoms with E-state index >= 15 is 0 Å². The van der Waals surface area contributed by atoms with E-state index in [-0.39, 0.29) is 11.2 Å². The summed E-state index contributed by atoms with van der Waals surface area (Å²) < 4.78 is 1.55. The van der Waals surface area contributed by atoms with Crippen LogP contribution in [-0.2, 0) is 11.8 Å². The van der Waals surface area contributed by atoms with Gasteiger partial charge in [-0.3, -0.25) is 14.3 Å². The maximum absolute atomic E-state index is 12.1. The molecule has 1 aromatic rings. The topological polar surface area (TPSA) is 78.4 Å². The molecule has 0 bridgehead atoms. The highest BCUT2D eigenvalue weighted by molar-refractivity contribution is 5.75. The largest absolute Gasteiger partial charge is 0.349 e. The summed E-state index contributed by atoms with van der Waals surface area (Å²) in [6.45, 7) is 3.21. The van der Waals surface area contributed by atoms with Gasteiger partial charge in [0.15, 0.2) is 0 Å². The molecule has 0 spiro atoms. The van der Waals surface area contributed by atoms with Crippen LogP contribution >= 0.6 is 0 Å². The van der Waals surface area contributed by atoms with Crippen LogP contribution in [0, 0.1) is 0 Å². The maximum atomic E-state index is 12.1. The van der Waals surface area contributed by atoms with Gasteiger partial charge in [0.25, 0.3) is 5.56 Å². The van der Waals surface area contributed by atoms with Gasteiger partial charge in [-0.25, -0.2) is 4.79 Å². The summed E-state index contributed by atoms with van der Waals surface area (Å²) in [6.07, 6.45) is 17.1. The quantitative estimate of drug-likeness (QED) is 0.392. The highest BCUT2D eigenvalue weighted by Crippen LogP contribution is 2.29. The average Bonchev–Trinajstić information content (AvgIpc) is 3.05. The molecule has 2 rings (SSSR count). The van der Waals surface area contributed by atoms with Crippen LogP contribution in [-0.4, -0.2) is 35.6 Å². The number of anilines is 2. The molecule has 0 radical (unpaired) electrons. The fraction of sp³-hybridized carbons (Fsp3) is 0.792. The number of unbranched alkanes of at least 4 members (excludes halogenated alkanes) is 12. The van der Waals surface area contributed by atoms with Gasteiger partial charge in [0.2, 0.25) is 0 Å². The first-order valence-electron chi connectivity index (χ1n) is 12.2. The molecule has 1 aromatic heterocycles. The number of nitrogens with zero attached hydrogens (tertiary/aromatic N) is 3. The number of aromatic amines is 1. The number of hydrogen-bond acceptors (Lipinski definition) is 5. The van der Waals surface area contributed by atoms with E-state index in [0.717, 1.165) is 31.6 Å². The van der Waals surface area contributed by atoms with Gasteiger partial charge < -0.3 is 14.6 Å². The van der Waals surface area contributed by atoms with Crippen molar-refractivity contribution < 1.29 is 4.79 Å². The fourth-order valence-corrected chi connectivity index (χ4v) is 4.49. The molecule has 1 aliphatic heterocycles. The van der Waals surface area contributed by atoms with Crippen molar-refractivity contribution in [3.8, 4) is 0 Å². The minimum Gasteiger partial charge on any atom is -0.349 e. The smallest absolute Gasteiger partial charge is 0.329 e. The molecule has 1 N–H and O–H groups in total. The Morgan fingerprint density at radius 2 is 1.29 bits per heavy atom. The Morgan fingerprint density at radius 3 is 1.81 bits per heavy atom. The van der Waals surface area contributed by atoms with Crippen molar-refractivity contribution in [3.05, 3.63) is 20.8 Å². The van der Waals surface area contributed by atoms with Crippen LogP contribution in [0.1, 0.15) is 96.8 Å². The summed E-state index contributed by atoms with van der Waals surface area (Å²) in [4.78, 5) is 41.4. The van der Waals surface area contributed by atoms with E-state index in [1.165, 1.54) is 70.6 Å². The third-order valence-electron chi connectivity index (χ3n) is 6.29. The Labute approximate surface area is 186 Å². The third kappa shape index (κ3) is 8.19. The normalized spacial score (nSPS) is 13.1. The Morgan fingerprint density at radius 1 is 0.806 bits per heavy atom. The Kier molecular flexibility index (Phi) is 10.9. The molecular formula is C24H42N4O3. The molecule has 176 valence electrons. The van der Waals surface area contributed by atoms with Gasteiger partial charge in [-0.1, -0.05) is 70.6 Å². The van der Waals surface area contributed by atoms with Crippen LogP contribution in [0.4, 0.5) is 11.5 Å². The lowest BCUT2D eigenvalue weighted by molar-refractivity contribution is -0.117. The van der Waals surface area contributed by atoms with Crippen LogP contribution in [0.5, 0.6) is 0 Å². The van der Waals surface area contributed by atoms with E-state index in [4.69, 9.17) is 0 Å². The van der Waals surface area contributed by atoms with E-state index in [1.54, 1.807) is 18.5 Å². The molecule has 0 unspecified atom stereocenters. The van der Waals surface area contributed by atoms with E-state index < -0.39 is 0 Å². The van der Waals surface area contributed by atoms with Gasteiger partial charge in [0, 0.05) is 27.1 Å². The zero-order chi connectivity index (χ0) is 22.6. The van der Waals surface area contributed by atoms with Gasteiger partial charge in [-0.2, -0.15) is 0 Å². The van der Waals surface area contributed by atoms with Crippen molar-refractivity contribution >= 4 is 17.3 Å². The number of H-pyrrole nitrogens is 1. The van der Waals surface area contributed by atoms with Crippen molar-refractivity contribution in [1.29, 1.82) is 0 Å². The second-order valence-corrected chi connectivity index (χ2v) is 9.14. The summed E-state index contributed by atoms with van der Waals surface area (Å²) in [6, 6.07) is 0. The number of hydrogen-bond donors (Lipinski definition) is 1. The van der Waals surface area contributed by atoms with Crippen molar-refractivity contribution in [2.24, 2.45) is 7.05 Å². The molecular weight excluding hydrogens is 392 g/mol. The molecule has 0 fully saturated rings. The Bertz CT molecular complexity index is 799.